The van der Waals surface area contributed by atoms with Crippen LogP contribution in [0.3, 0.4) is 0 Å². The quantitative estimate of drug-likeness (QED) is 0.780. The van der Waals surface area contributed by atoms with Gasteiger partial charge in [-0.05, 0) is 31.4 Å². The number of hydrogen-bond acceptors (Lipinski definition) is 4. The molecule has 3 rings (SSSR count). The molecule has 0 aliphatic carbocycles. The Hall–Kier alpha value is -1.43. The van der Waals surface area contributed by atoms with Crippen LogP contribution < -0.4 is 0 Å². The minimum atomic E-state index is -2.83. The third-order valence-corrected chi connectivity index (χ3v) is 5.29. The predicted octanol–water partition coefficient (Wildman–Crippen LogP) is 1.33. The number of pyridine rings is 1. The number of rotatable bonds is 1. The predicted molar refractivity (Wildman–Crippen MR) is 68.4 cm³/mol. The first kappa shape index (κ1) is 11.6. The van der Waals surface area contributed by atoms with Crippen molar-refractivity contribution in [2.45, 2.75) is 25.7 Å². The molecule has 0 N–H and O–H groups in total. The molecule has 5 nitrogen and oxygen atoms in total. The molecule has 2 aromatic heterocycles. The SMILES string of the molecule is Cc1cccn2c(C3CCS(=O)(=O)CC3)nnc12. The largest absolute Gasteiger partial charge is 0.286 e. The molecule has 18 heavy (non-hydrogen) atoms. The molecule has 1 aliphatic rings. The second kappa shape index (κ2) is 4.05. The van der Waals surface area contributed by atoms with Crippen molar-refractivity contribution < 1.29 is 8.42 Å². The minimum absolute atomic E-state index is 0.199. The molecule has 6 heteroatoms. The van der Waals surface area contributed by atoms with Gasteiger partial charge in [0.15, 0.2) is 5.65 Å². The Labute approximate surface area is 106 Å². The third kappa shape index (κ3) is 1.90. The van der Waals surface area contributed by atoms with Gasteiger partial charge in [-0.3, -0.25) is 4.40 Å². The van der Waals surface area contributed by atoms with Gasteiger partial charge in [0.1, 0.15) is 15.7 Å². The molecule has 0 unspecified atom stereocenters. The van der Waals surface area contributed by atoms with E-state index in [0.717, 1.165) is 17.0 Å². The van der Waals surface area contributed by atoms with Crippen LogP contribution in [-0.2, 0) is 9.84 Å². The number of sulfone groups is 1. The van der Waals surface area contributed by atoms with E-state index in [1.165, 1.54) is 0 Å². The Morgan fingerprint density at radius 3 is 2.72 bits per heavy atom. The van der Waals surface area contributed by atoms with E-state index in [-0.39, 0.29) is 17.4 Å². The van der Waals surface area contributed by atoms with E-state index in [1.54, 1.807) is 0 Å². The number of aromatic nitrogens is 3. The summed E-state index contributed by atoms with van der Waals surface area (Å²) in [4.78, 5) is 0. The van der Waals surface area contributed by atoms with Crippen LogP contribution in [0.25, 0.3) is 5.65 Å². The first-order valence-electron chi connectivity index (χ1n) is 6.07. The van der Waals surface area contributed by atoms with Gasteiger partial charge in [0.05, 0.1) is 11.5 Å². The highest BCUT2D eigenvalue weighted by atomic mass is 32.2. The molecule has 0 aromatic carbocycles. The van der Waals surface area contributed by atoms with Gasteiger partial charge in [-0.25, -0.2) is 8.42 Å². The van der Waals surface area contributed by atoms with Crippen molar-refractivity contribution >= 4 is 15.5 Å². The highest BCUT2D eigenvalue weighted by Crippen LogP contribution is 2.28. The fourth-order valence-electron chi connectivity index (χ4n) is 2.49. The Kier molecular flexibility index (Phi) is 2.62. The van der Waals surface area contributed by atoms with Gasteiger partial charge in [-0.15, -0.1) is 10.2 Å². The van der Waals surface area contributed by atoms with Crippen molar-refractivity contribution in [1.82, 2.24) is 14.6 Å². The van der Waals surface area contributed by atoms with Crippen LogP contribution in [0.15, 0.2) is 18.3 Å². The maximum absolute atomic E-state index is 11.4. The zero-order chi connectivity index (χ0) is 12.8. The van der Waals surface area contributed by atoms with Gasteiger partial charge in [-0.1, -0.05) is 6.07 Å². The van der Waals surface area contributed by atoms with Gasteiger partial charge in [0, 0.05) is 12.1 Å². The molecule has 0 spiro atoms. The summed E-state index contributed by atoms with van der Waals surface area (Å²) in [6, 6.07) is 3.97. The Balaban J connectivity index is 1.99. The summed E-state index contributed by atoms with van der Waals surface area (Å²) in [6.07, 6.45) is 3.24. The van der Waals surface area contributed by atoms with E-state index in [2.05, 4.69) is 10.2 Å². The molecule has 0 radical (unpaired) electrons. The van der Waals surface area contributed by atoms with Crippen LogP contribution in [0, 0.1) is 6.92 Å². The number of fused-ring (bicyclic) bond motifs is 1. The molecule has 1 fully saturated rings. The van der Waals surface area contributed by atoms with E-state index in [0.29, 0.717) is 12.8 Å². The van der Waals surface area contributed by atoms with Crippen LogP contribution in [0.2, 0.25) is 0 Å². The molecule has 0 atom stereocenters. The highest BCUT2D eigenvalue weighted by molar-refractivity contribution is 7.91. The van der Waals surface area contributed by atoms with Crippen molar-refractivity contribution in [3.05, 3.63) is 29.7 Å². The average Bonchev–Trinajstić information content (AvgIpc) is 2.74. The smallest absolute Gasteiger partial charge is 0.163 e. The molecular weight excluding hydrogens is 250 g/mol. The van der Waals surface area contributed by atoms with Crippen molar-refractivity contribution in [2.24, 2.45) is 0 Å². The average molecular weight is 265 g/mol. The zero-order valence-corrected chi connectivity index (χ0v) is 11.0. The van der Waals surface area contributed by atoms with Gasteiger partial charge < -0.3 is 0 Å². The normalized spacial score (nSPS) is 20.3. The lowest BCUT2D eigenvalue weighted by Crippen LogP contribution is -2.23. The van der Waals surface area contributed by atoms with E-state index in [1.807, 2.05) is 29.7 Å². The Morgan fingerprint density at radius 2 is 2.00 bits per heavy atom. The van der Waals surface area contributed by atoms with Crippen LogP contribution in [0.1, 0.15) is 30.1 Å². The molecule has 3 heterocycles. The van der Waals surface area contributed by atoms with Crippen molar-refractivity contribution in [3.8, 4) is 0 Å². The number of hydrogen-bond donors (Lipinski definition) is 0. The highest BCUT2D eigenvalue weighted by Gasteiger charge is 2.27. The summed E-state index contributed by atoms with van der Waals surface area (Å²) in [6.45, 7) is 2.00. The van der Waals surface area contributed by atoms with Crippen LogP contribution in [0.5, 0.6) is 0 Å². The standard InChI is InChI=1S/C12H15N3O2S/c1-9-3-2-6-15-11(9)13-14-12(15)10-4-7-18(16,17)8-5-10/h2-3,6,10H,4-5,7-8H2,1H3. The topological polar surface area (TPSA) is 64.3 Å². The molecular formula is C12H15N3O2S. The lowest BCUT2D eigenvalue weighted by atomic mass is 10.0. The molecule has 2 aromatic rings. The van der Waals surface area contributed by atoms with Gasteiger partial charge in [-0.2, -0.15) is 0 Å². The number of nitrogens with zero attached hydrogens (tertiary/aromatic N) is 3. The summed E-state index contributed by atoms with van der Waals surface area (Å²) < 4.78 is 24.9. The Morgan fingerprint density at radius 1 is 1.28 bits per heavy atom. The van der Waals surface area contributed by atoms with Gasteiger partial charge >= 0.3 is 0 Å². The minimum Gasteiger partial charge on any atom is -0.286 e. The molecule has 0 saturated carbocycles. The fourth-order valence-corrected chi connectivity index (χ4v) is 3.99. The Bertz CT molecular complexity index is 676. The van der Waals surface area contributed by atoms with Gasteiger partial charge in [0.25, 0.3) is 0 Å². The van der Waals surface area contributed by atoms with E-state index in [4.69, 9.17) is 0 Å². The fraction of sp³-hybridized carbons (Fsp3) is 0.500. The second-order valence-electron chi connectivity index (χ2n) is 4.87. The van der Waals surface area contributed by atoms with E-state index >= 15 is 0 Å². The monoisotopic (exact) mass is 265 g/mol. The van der Waals surface area contributed by atoms with Crippen molar-refractivity contribution in [1.29, 1.82) is 0 Å². The maximum atomic E-state index is 11.4. The van der Waals surface area contributed by atoms with E-state index < -0.39 is 9.84 Å². The van der Waals surface area contributed by atoms with Crippen LogP contribution >= 0.6 is 0 Å². The summed E-state index contributed by atoms with van der Waals surface area (Å²) in [5.41, 5.74) is 1.95. The first-order chi connectivity index (χ1) is 8.57. The van der Waals surface area contributed by atoms with Crippen LogP contribution in [-0.4, -0.2) is 34.5 Å². The number of aryl methyl sites for hydroxylation is 1. The summed E-state index contributed by atoms with van der Waals surface area (Å²) in [7, 11) is -2.83. The summed E-state index contributed by atoms with van der Waals surface area (Å²) in [5.74, 6) is 1.62. The van der Waals surface area contributed by atoms with E-state index in [9.17, 15) is 8.42 Å². The summed E-state index contributed by atoms with van der Waals surface area (Å²) in [5, 5.41) is 8.44. The molecule has 96 valence electrons. The third-order valence-electron chi connectivity index (χ3n) is 3.58. The molecule has 1 aliphatic heterocycles. The lowest BCUT2D eigenvalue weighted by molar-refractivity contribution is 0.534. The lowest BCUT2D eigenvalue weighted by Gasteiger charge is -2.20. The second-order valence-corrected chi connectivity index (χ2v) is 7.17. The maximum Gasteiger partial charge on any atom is 0.163 e. The van der Waals surface area contributed by atoms with Crippen molar-refractivity contribution in [2.75, 3.05) is 11.5 Å². The van der Waals surface area contributed by atoms with Crippen LogP contribution in [0.4, 0.5) is 0 Å². The molecule has 1 saturated heterocycles. The first-order valence-corrected chi connectivity index (χ1v) is 7.90. The van der Waals surface area contributed by atoms with Crippen molar-refractivity contribution in [3.63, 3.8) is 0 Å². The van der Waals surface area contributed by atoms with Gasteiger partial charge in [0.2, 0.25) is 0 Å². The zero-order valence-electron chi connectivity index (χ0n) is 10.2. The summed E-state index contributed by atoms with van der Waals surface area (Å²) >= 11 is 0. The molecule has 0 bridgehead atoms. The molecule has 0 amide bonds.